The number of amides is 1. The van der Waals surface area contributed by atoms with Gasteiger partial charge in [0.15, 0.2) is 0 Å². The molecule has 0 spiro atoms. The van der Waals surface area contributed by atoms with Gasteiger partial charge in [-0.15, -0.1) is 0 Å². The van der Waals surface area contributed by atoms with E-state index >= 15 is 0 Å². The molecule has 0 aliphatic rings. The number of rotatable bonds is 4. The second kappa shape index (κ2) is 5.21. The Kier molecular flexibility index (Phi) is 3.93. The maximum atomic E-state index is 11.5. The van der Waals surface area contributed by atoms with Crippen LogP contribution in [0.3, 0.4) is 0 Å². The molecule has 1 aromatic rings. The molecule has 0 fully saturated rings. The van der Waals surface area contributed by atoms with Crippen molar-refractivity contribution in [1.29, 1.82) is 0 Å². The smallest absolute Gasteiger partial charge is 0.255 e. The van der Waals surface area contributed by atoms with E-state index in [2.05, 4.69) is 10.6 Å². The van der Waals surface area contributed by atoms with Crippen molar-refractivity contribution in [3.8, 4) is 11.5 Å². The minimum absolute atomic E-state index is 0.0701. The van der Waals surface area contributed by atoms with Gasteiger partial charge in [-0.1, -0.05) is 0 Å². The standard InChI is InChI=1S/C10H14N2O3/c1-11-4-5-12-10(15)8-3-2-7(13)6-9(8)14/h2-3,6,11,13-14H,4-5H2,1H3,(H,12,15). The van der Waals surface area contributed by atoms with Crippen LogP contribution in [0.25, 0.3) is 0 Å². The third-order valence-corrected chi connectivity index (χ3v) is 1.89. The minimum Gasteiger partial charge on any atom is -0.508 e. The molecule has 4 N–H and O–H groups in total. The fraction of sp³-hybridized carbons (Fsp3) is 0.300. The monoisotopic (exact) mass is 210 g/mol. The van der Waals surface area contributed by atoms with E-state index in [1.165, 1.54) is 12.1 Å². The van der Waals surface area contributed by atoms with Gasteiger partial charge in [-0.2, -0.15) is 0 Å². The van der Waals surface area contributed by atoms with Gasteiger partial charge in [0.1, 0.15) is 11.5 Å². The topological polar surface area (TPSA) is 81.6 Å². The van der Waals surface area contributed by atoms with Crippen LogP contribution in [0.1, 0.15) is 10.4 Å². The van der Waals surface area contributed by atoms with Crippen LogP contribution in [-0.2, 0) is 0 Å². The Hall–Kier alpha value is -1.75. The van der Waals surface area contributed by atoms with E-state index in [0.29, 0.717) is 13.1 Å². The molecular weight excluding hydrogens is 196 g/mol. The number of phenols is 2. The Labute approximate surface area is 87.7 Å². The summed E-state index contributed by atoms with van der Waals surface area (Å²) in [6.07, 6.45) is 0. The molecule has 0 saturated heterocycles. The number of likely N-dealkylation sites (N-methyl/N-ethyl adjacent to an activating group) is 1. The largest absolute Gasteiger partial charge is 0.508 e. The highest BCUT2D eigenvalue weighted by molar-refractivity contribution is 5.96. The quantitative estimate of drug-likeness (QED) is 0.529. The second-order valence-corrected chi connectivity index (χ2v) is 3.06. The average molecular weight is 210 g/mol. The summed E-state index contributed by atoms with van der Waals surface area (Å²) in [5, 5.41) is 23.9. The van der Waals surface area contributed by atoms with Gasteiger partial charge in [0, 0.05) is 19.2 Å². The second-order valence-electron chi connectivity index (χ2n) is 3.06. The molecule has 1 rings (SSSR count). The van der Waals surface area contributed by atoms with E-state index in [4.69, 9.17) is 5.11 Å². The summed E-state index contributed by atoms with van der Waals surface area (Å²) >= 11 is 0. The molecule has 5 heteroatoms. The lowest BCUT2D eigenvalue weighted by Crippen LogP contribution is -2.30. The van der Waals surface area contributed by atoms with Crippen molar-refractivity contribution in [2.45, 2.75) is 0 Å². The number of carbonyl (C=O) groups excluding carboxylic acids is 1. The summed E-state index contributed by atoms with van der Waals surface area (Å²) in [7, 11) is 1.78. The molecule has 1 amide bonds. The first-order valence-corrected chi connectivity index (χ1v) is 4.60. The van der Waals surface area contributed by atoms with E-state index in [0.717, 1.165) is 6.07 Å². The van der Waals surface area contributed by atoms with Crippen molar-refractivity contribution in [2.75, 3.05) is 20.1 Å². The van der Waals surface area contributed by atoms with Gasteiger partial charge in [-0.3, -0.25) is 4.79 Å². The van der Waals surface area contributed by atoms with E-state index < -0.39 is 0 Å². The molecule has 0 atom stereocenters. The summed E-state index contributed by atoms with van der Waals surface area (Å²) in [6.45, 7) is 1.14. The summed E-state index contributed by atoms with van der Waals surface area (Å²) in [6, 6.07) is 3.86. The lowest BCUT2D eigenvalue weighted by atomic mass is 10.2. The number of aromatic hydroxyl groups is 2. The highest BCUT2D eigenvalue weighted by Gasteiger charge is 2.10. The van der Waals surface area contributed by atoms with E-state index in [9.17, 15) is 9.90 Å². The van der Waals surface area contributed by atoms with Crippen LogP contribution in [0.5, 0.6) is 11.5 Å². The van der Waals surface area contributed by atoms with Crippen LogP contribution in [0.4, 0.5) is 0 Å². The molecule has 0 aromatic heterocycles. The fourth-order valence-electron chi connectivity index (χ4n) is 1.11. The third kappa shape index (κ3) is 3.14. The number of nitrogens with one attached hydrogen (secondary N) is 2. The van der Waals surface area contributed by atoms with E-state index in [-0.39, 0.29) is 23.0 Å². The van der Waals surface area contributed by atoms with Crippen molar-refractivity contribution < 1.29 is 15.0 Å². The third-order valence-electron chi connectivity index (χ3n) is 1.89. The Morgan fingerprint density at radius 1 is 1.33 bits per heavy atom. The first-order chi connectivity index (χ1) is 7.15. The molecule has 0 saturated carbocycles. The van der Waals surface area contributed by atoms with Crippen LogP contribution < -0.4 is 10.6 Å². The predicted octanol–water partition coefficient (Wildman–Crippen LogP) is 0.0470. The van der Waals surface area contributed by atoms with Gasteiger partial charge >= 0.3 is 0 Å². The molecule has 0 heterocycles. The van der Waals surface area contributed by atoms with Gasteiger partial charge in [0.2, 0.25) is 0 Å². The summed E-state index contributed by atoms with van der Waals surface area (Å²) in [5.41, 5.74) is 0.156. The number of carbonyl (C=O) groups is 1. The Morgan fingerprint density at radius 2 is 2.07 bits per heavy atom. The average Bonchev–Trinajstić information content (AvgIpc) is 2.17. The Bertz CT molecular complexity index is 353. The molecule has 0 aliphatic carbocycles. The molecule has 1 aromatic carbocycles. The number of benzene rings is 1. The van der Waals surface area contributed by atoms with Crippen LogP contribution in [-0.4, -0.2) is 36.3 Å². The molecule has 82 valence electrons. The van der Waals surface area contributed by atoms with Crippen molar-refractivity contribution in [3.63, 3.8) is 0 Å². The zero-order chi connectivity index (χ0) is 11.3. The SMILES string of the molecule is CNCCNC(=O)c1ccc(O)cc1O. The molecule has 0 unspecified atom stereocenters. The Balaban J connectivity index is 2.65. The minimum atomic E-state index is -0.359. The van der Waals surface area contributed by atoms with Gasteiger partial charge in [-0.05, 0) is 19.2 Å². The number of hydrogen-bond acceptors (Lipinski definition) is 4. The molecule has 0 bridgehead atoms. The molecular formula is C10H14N2O3. The van der Waals surface area contributed by atoms with E-state index in [1.807, 2.05) is 0 Å². The predicted molar refractivity (Wildman–Crippen MR) is 56.0 cm³/mol. The van der Waals surface area contributed by atoms with Crippen LogP contribution in [0, 0.1) is 0 Å². The molecule has 0 aliphatic heterocycles. The van der Waals surface area contributed by atoms with Crippen LogP contribution in [0.15, 0.2) is 18.2 Å². The summed E-state index contributed by atoms with van der Waals surface area (Å²) in [4.78, 5) is 11.5. The highest BCUT2D eigenvalue weighted by atomic mass is 16.3. The van der Waals surface area contributed by atoms with Crippen LogP contribution >= 0.6 is 0 Å². The van der Waals surface area contributed by atoms with Crippen molar-refractivity contribution in [1.82, 2.24) is 10.6 Å². The highest BCUT2D eigenvalue weighted by Crippen LogP contribution is 2.22. The van der Waals surface area contributed by atoms with Crippen LogP contribution in [0.2, 0.25) is 0 Å². The zero-order valence-electron chi connectivity index (χ0n) is 8.45. The lowest BCUT2D eigenvalue weighted by molar-refractivity contribution is 0.0951. The van der Waals surface area contributed by atoms with Gasteiger partial charge in [0.05, 0.1) is 5.56 Å². The lowest BCUT2D eigenvalue weighted by Gasteiger charge is -2.06. The maximum Gasteiger partial charge on any atom is 0.255 e. The van der Waals surface area contributed by atoms with E-state index in [1.54, 1.807) is 7.05 Å². The Morgan fingerprint density at radius 3 is 2.67 bits per heavy atom. The fourth-order valence-corrected chi connectivity index (χ4v) is 1.11. The number of phenolic OH excluding ortho intramolecular Hbond substituents is 2. The van der Waals surface area contributed by atoms with Crippen molar-refractivity contribution in [3.05, 3.63) is 23.8 Å². The first kappa shape index (κ1) is 11.3. The summed E-state index contributed by atoms with van der Waals surface area (Å²) in [5.74, 6) is -0.654. The van der Waals surface area contributed by atoms with Gasteiger partial charge in [-0.25, -0.2) is 0 Å². The molecule has 0 radical (unpaired) electrons. The number of hydrogen-bond donors (Lipinski definition) is 4. The first-order valence-electron chi connectivity index (χ1n) is 4.60. The maximum absolute atomic E-state index is 11.5. The molecule has 15 heavy (non-hydrogen) atoms. The van der Waals surface area contributed by atoms with Crippen molar-refractivity contribution >= 4 is 5.91 Å². The van der Waals surface area contributed by atoms with Crippen molar-refractivity contribution in [2.24, 2.45) is 0 Å². The summed E-state index contributed by atoms with van der Waals surface area (Å²) < 4.78 is 0. The van der Waals surface area contributed by atoms with Gasteiger partial charge < -0.3 is 20.8 Å². The van der Waals surface area contributed by atoms with Gasteiger partial charge in [0.25, 0.3) is 5.91 Å². The zero-order valence-corrected chi connectivity index (χ0v) is 8.45. The normalized spacial score (nSPS) is 9.93. The molecule has 5 nitrogen and oxygen atoms in total.